The maximum absolute atomic E-state index is 11.2. The van der Waals surface area contributed by atoms with Gasteiger partial charge in [0.2, 0.25) is 0 Å². The molecule has 0 aromatic rings. The maximum Gasteiger partial charge on any atom is 0.190 e. The topological polar surface area (TPSA) is 70.6 Å². The van der Waals surface area contributed by atoms with Crippen molar-refractivity contribution in [3.63, 3.8) is 0 Å². The number of hydrogen-bond donors (Lipinski definition) is 2. The van der Waals surface area contributed by atoms with Crippen LogP contribution in [0, 0.1) is 11.3 Å². The van der Waals surface area contributed by atoms with E-state index in [4.69, 9.17) is 0 Å². The van der Waals surface area contributed by atoms with Gasteiger partial charge in [-0.25, -0.2) is 8.42 Å². The molecular weight excluding hydrogens is 401 g/mol. The number of guanidine groups is 1. The summed E-state index contributed by atoms with van der Waals surface area (Å²) in [4.78, 5) is 4.17. The number of nitrogens with zero attached hydrogens (tertiary/aromatic N) is 1. The third-order valence-electron chi connectivity index (χ3n) is 3.12. The molecule has 0 aliphatic heterocycles. The molecule has 0 saturated carbocycles. The van der Waals surface area contributed by atoms with Crippen LogP contribution in [-0.4, -0.2) is 46.5 Å². The van der Waals surface area contributed by atoms with E-state index in [1.807, 2.05) is 0 Å². The Bertz CT molecular complexity index is 406. The fraction of sp³-hybridized carbons (Fsp3) is 0.929. The van der Waals surface area contributed by atoms with Crippen LogP contribution in [0.4, 0.5) is 0 Å². The number of rotatable bonds is 8. The smallest absolute Gasteiger partial charge is 0.190 e. The summed E-state index contributed by atoms with van der Waals surface area (Å²) in [5.41, 5.74) is -0.0846. The van der Waals surface area contributed by atoms with Gasteiger partial charge >= 0.3 is 0 Å². The van der Waals surface area contributed by atoms with Crippen LogP contribution in [0.15, 0.2) is 4.99 Å². The van der Waals surface area contributed by atoms with Gasteiger partial charge < -0.3 is 10.6 Å². The summed E-state index contributed by atoms with van der Waals surface area (Å²) >= 11 is 0. The van der Waals surface area contributed by atoms with Crippen LogP contribution in [0.2, 0.25) is 0 Å². The van der Waals surface area contributed by atoms with Crippen molar-refractivity contribution in [2.45, 2.75) is 40.5 Å². The quantitative estimate of drug-likeness (QED) is 0.350. The summed E-state index contributed by atoms with van der Waals surface area (Å²) in [5.74, 6) is 1.66. The molecule has 0 amide bonds. The highest BCUT2D eigenvalue weighted by Gasteiger charge is 2.20. The Morgan fingerprint density at radius 1 is 1.24 bits per heavy atom. The Morgan fingerprint density at radius 2 is 1.81 bits per heavy atom. The number of hydrogen-bond acceptors (Lipinski definition) is 3. The standard InChI is InChI=1S/C14H31N3O2S.HI/c1-12(2)7-9-16-13(15-5)17-11-14(3,4)8-10-20(6,18)19;/h12H,7-11H2,1-6H3,(H2,15,16,17);1H. The molecule has 0 saturated heterocycles. The van der Waals surface area contributed by atoms with Crippen molar-refractivity contribution in [2.24, 2.45) is 16.3 Å². The molecule has 21 heavy (non-hydrogen) atoms. The number of nitrogens with one attached hydrogen (secondary N) is 2. The summed E-state index contributed by atoms with van der Waals surface area (Å²) in [5, 5.41) is 6.53. The van der Waals surface area contributed by atoms with Gasteiger partial charge in [0.1, 0.15) is 9.84 Å². The molecule has 128 valence electrons. The van der Waals surface area contributed by atoms with E-state index in [-0.39, 0.29) is 35.1 Å². The highest BCUT2D eigenvalue weighted by molar-refractivity contribution is 14.0. The molecule has 0 aliphatic rings. The van der Waals surface area contributed by atoms with Crippen molar-refractivity contribution in [1.82, 2.24) is 10.6 Å². The predicted octanol–water partition coefficient (Wildman–Crippen LogP) is 2.28. The van der Waals surface area contributed by atoms with Gasteiger partial charge in [-0.05, 0) is 24.2 Å². The summed E-state index contributed by atoms with van der Waals surface area (Å²) < 4.78 is 22.4. The predicted molar refractivity (Wildman–Crippen MR) is 102 cm³/mol. The summed E-state index contributed by atoms with van der Waals surface area (Å²) in [6.07, 6.45) is 3.02. The lowest BCUT2D eigenvalue weighted by atomic mass is 9.90. The molecule has 0 spiro atoms. The van der Waals surface area contributed by atoms with Gasteiger partial charge in [-0.3, -0.25) is 4.99 Å². The van der Waals surface area contributed by atoms with E-state index in [9.17, 15) is 8.42 Å². The third-order valence-corrected chi connectivity index (χ3v) is 4.07. The lowest BCUT2D eigenvalue weighted by Crippen LogP contribution is -2.42. The number of halogens is 1. The highest BCUT2D eigenvalue weighted by Crippen LogP contribution is 2.19. The highest BCUT2D eigenvalue weighted by atomic mass is 127. The Hall–Kier alpha value is -0.0500. The minimum atomic E-state index is -2.90. The average molecular weight is 433 g/mol. The average Bonchev–Trinajstić information content (AvgIpc) is 2.30. The second-order valence-electron chi connectivity index (χ2n) is 6.58. The molecule has 0 rings (SSSR count). The van der Waals surface area contributed by atoms with Crippen molar-refractivity contribution in [2.75, 3.05) is 32.1 Å². The van der Waals surface area contributed by atoms with Gasteiger partial charge in [-0.15, -0.1) is 24.0 Å². The van der Waals surface area contributed by atoms with Crippen molar-refractivity contribution in [1.29, 1.82) is 0 Å². The van der Waals surface area contributed by atoms with Crippen molar-refractivity contribution < 1.29 is 8.42 Å². The molecule has 0 radical (unpaired) electrons. The van der Waals surface area contributed by atoms with Crippen molar-refractivity contribution in [3.05, 3.63) is 0 Å². The van der Waals surface area contributed by atoms with Crippen LogP contribution in [0.3, 0.4) is 0 Å². The van der Waals surface area contributed by atoms with E-state index >= 15 is 0 Å². The molecule has 0 aromatic heterocycles. The Balaban J connectivity index is 0. The maximum atomic E-state index is 11.2. The van der Waals surface area contributed by atoms with E-state index < -0.39 is 9.84 Å². The van der Waals surface area contributed by atoms with Gasteiger partial charge in [-0.2, -0.15) is 0 Å². The Kier molecular flexibility index (Phi) is 11.8. The van der Waals surface area contributed by atoms with Crippen molar-refractivity contribution >= 4 is 39.8 Å². The number of aliphatic imine (C=N–C) groups is 1. The molecule has 0 heterocycles. The first-order valence-corrected chi connectivity index (χ1v) is 9.24. The molecule has 0 unspecified atom stereocenters. The fourth-order valence-corrected chi connectivity index (χ4v) is 2.50. The van der Waals surface area contributed by atoms with Crippen LogP contribution in [-0.2, 0) is 9.84 Å². The lowest BCUT2D eigenvalue weighted by Gasteiger charge is -2.26. The molecular formula is C14H32IN3O2S. The SMILES string of the molecule is CN=C(NCCC(C)C)NCC(C)(C)CCS(C)(=O)=O.I. The largest absolute Gasteiger partial charge is 0.356 e. The van der Waals surface area contributed by atoms with Crippen LogP contribution < -0.4 is 10.6 Å². The summed E-state index contributed by atoms with van der Waals surface area (Å²) in [6, 6.07) is 0. The van der Waals surface area contributed by atoms with E-state index in [0.717, 1.165) is 18.9 Å². The summed E-state index contributed by atoms with van der Waals surface area (Å²) in [6.45, 7) is 10.1. The first kappa shape index (κ1) is 23.2. The zero-order valence-corrected chi connectivity index (χ0v) is 17.3. The lowest BCUT2D eigenvalue weighted by molar-refractivity contribution is 0.348. The zero-order valence-electron chi connectivity index (χ0n) is 14.2. The molecule has 0 aromatic carbocycles. The second-order valence-corrected chi connectivity index (χ2v) is 8.84. The fourth-order valence-electron chi connectivity index (χ4n) is 1.57. The molecule has 0 bridgehead atoms. The van der Waals surface area contributed by atoms with E-state index in [1.54, 1.807) is 7.05 Å². The van der Waals surface area contributed by atoms with Crippen LogP contribution in [0.1, 0.15) is 40.5 Å². The monoisotopic (exact) mass is 433 g/mol. The molecule has 2 N–H and O–H groups in total. The minimum Gasteiger partial charge on any atom is -0.356 e. The van der Waals surface area contributed by atoms with Crippen LogP contribution >= 0.6 is 24.0 Å². The molecule has 0 aliphatic carbocycles. The Labute approximate surface area is 147 Å². The molecule has 0 atom stereocenters. The van der Waals surface area contributed by atoms with Gasteiger partial charge in [0.25, 0.3) is 0 Å². The molecule has 5 nitrogen and oxygen atoms in total. The van der Waals surface area contributed by atoms with E-state index in [0.29, 0.717) is 18.9 Å². The van der Waals surface area contributed by atoms with Crippen LogP contribution in [0.5, 0.6) is 0 Å². The zero-order chi connectivity index (χ0) is 15.8. The van der Waals surface area contributed by atoms with Gasteiger partial charge in [0.15, 0.2) is 5.96 Å². The normalized spacial score (nSPS) is 13.0. The van der Waals surface area contributed by atoms with Gasteiger partial charge in [-0.1, -0.05) is 27.7 Å². The molecule has 7 heteroatoms. The van der Waals surface area contributed by atoms with E-state index in [2.05, 4.69) is 43.3 Å². The molecule has 0 fully saturated rings. The van der Waals surface area contributed by atoms with E-state index in [1.165, 1.54) is 6.26 Å². The van der Waals surface area contributed by atoms with Gasteiger partial charge in [0, 0.05) is 26.4 Å². The Morgan fingerprint density at radius 3 is 2.24 bits per heavy atom. The second kappa shape index (κ2) is 10.6. The third kappa shape index (κ3) is 14.6. The van der Waals surface area contributed by atoms with Crippen LogP contribution in [0.25, 0.3) is 0 Å². The summed E-state index contributed by atoms with van der Waals surface area (Å²) in [7, 11) is -1.15. The first-order chi connectivity index (χ1) is 9.06. The first-order valence-electron chi connectivity index (χ1n) is 7.18. The van der Waals surface area contributed by atoms with Crippen molar-refractivity contribution in [3.8, 4) is 0 Å². The van der Waals surface area contributed by atoms with Gasteiger partial charge in [0.05, 0.1) is 5.75 Å². The minimum absolute atomic E-state index is 0. The number of sulfone groups is 1.